The van der Waals surface area contributed by atoms with Crippen molar-refractivity contribution in [1.82, 2.24) is 20.3 Å². The van der Waals surface area contributed by atoms with Crippen LogP contribution in [-0.4, -0.2) is 66.0 Å². The molecule has 2 aromatic rings. The van der Waals surface area contributed by atoms with Crippen LogP contribution in [0.5, 0.6) is 0 Å². The van der Waals surface area contributed by atoms with Gasteiger partial charge in [-0.1, -0.05) is 18.5 Å². The second-order valence-electron chi connectivity index (χ2n) is 9.50. The van der Waals surface area contributed by atoms with Crippen LogP contribution in [0.3, 0.4) is 0 Å². The van der Waals surface area contributed by atoms with E-state index in [0.29, 0.717) is 37.1 Å². The summed E-state index contributed by atoms with van der Waals surface area (Å²) in [6.45, 7) is 3.55. The molecule has 184 valence electrons. The zero-order valence-corrected chi connectivity index (χ0v) is 19.5. The number of likely N-dealkylation sites (tertiary alicyclic amines) is 1. The molecular weight excluding hydrogens is 449 g/mol. The molecule has 2 fully saturated rings. The monoisotopic (exact) mass is 478 g/mol. The smallest absolute Gasteiger partial charge is 0.273 e. The molecule has 0 bridgehead atoms. The molecule has 1 saturated heterocycles. The van der Waals surface area contributed by atoms with Gasteiger partial charge >= 0.3 is 0 Å². The normalized spacial score (nSPS) is 25.4. The van der Waals surface area contributed by atoms with Crippen molar-refractivity contribution in [2.75, 3.05) is 27.2 Å². The van der Waals surface area contributed by atoms with Crippen molar-refractivity contribution >= 4 is 11.8 Å². The van der Waals surface area contributed by atoms with Gasteiger partial charge in [-0.05, 0) is 25.2 Å². The fourth-order valence-electron chi connectivity index (χ4n) is 5.22. The molecule has 10 heteroatoms. The molecule has 0 radical (unpaired) electrons. The van der Waals surface area contributed by atoms with Crippen molar-refractivity contribution in [3.63, 3.8) is 0 Å². The first-order valence-electron chi connectivity index (χ1n) is 11.5. The van der Waals surface area contributed by atoms with Crippen LogP contribution in [0.25, 0.3) is 11.3 Å². The van der Waals surface area contributed by atoms with Gasteiger partial charge in [0.2, 0.25) is 5.91 Å². The minimum Gasteiger partial charge on any atom is -0.355 e. The quantitative estimate of drug-likeness (QED) is 0.712. The summed E-state index contributed by atoms with van der Waals surface area (Å²) in [5.74, 6) is -4.26. The van der Waals surface area contributed by atoms with Gasteiger partial charge < -0.3 is 14.7 Å². The maximum atomic E-state index is 14.1. The molecule has 0 unspecified atom stereocenters. The van der Waals surface area contributed by atoms with E-state index in [0.717, 1.165) is 19.0 Å². The predicted octanol–water partition coefficient (Wildman–Crippen LogP) is 3.46. The zero-order chi connectivity index (χ0) is 24.6. The van der Waals surface area contributed by atoms with E-state index in [-0.39, 0.29) is 17.4 Å². The van der Waals surface area contributed by atoms with Crippen LogP contribution in [-0.2, 0) is 4.79 Å². The Morgan fingerprint density at radius 3 is 2.44 bits per heavy atom. The Morgan fingerprint density at radius 2 is 1.82 bits per heavy atom. The van der Waals surface area contributed by atoms with E-state index in [1.165, 1.54) is 17.7 Å². The lowest BCUT2D eigenvalue weighted by molar-refractivity contribution is -0.136. The van der Waals surface area contributed by atoms with E-state index in [2.05, 4.69) is 22.3 Å². The van der Waals surface area contributed by atoms with Crippen molar-refractivity contribution in [1.29, 1.82) is 0 Å². The predicted molar refractivity (Wildman–Crippen MR) is 118 cm³/mol. The average Bonchev–Trinajstić information content (AvgIpc) is 3.42. The number of hydrogen-bond acceptors (Lipinski definition) is 5. The van der Waals surface area contributed by atoms with Crippen molar-refractivity contribution in [2.24, 2.45) is 11.8 Å². The number of aromatic nitrogens is 1. The minimum atomic E-state index is -1.16. The van der Waals surface area contributed by atoms with Crippen LogP contribution in [0, 0.1) is 29.3 Å². The number of hydrogen-bond donors (Lipinski definition) is 1. The maximum Gasteiger partial charge on any atom is 0.273 e. The standard InChI is InChI=1S/C24H29F3N4O3/c1-13-5-4-6-20(13)31-8-7-18(15(12-31)24(33)30(2)3)28-23(32)19-11-21(34-29-19)22-16(26)9-14(25)10-17(22)27/h9-11,13,15,18,20H,4-8,12H2,1-3H3,(H,28,32)/t13-,15-,18-,20+/m1/s1. The fraction of sp³-hybridized carbons (Fsp3) is 0.542. The van der Waals surface area contributed by atoms with Gasteiger partial charge in [0.05, 0.1) is 11.5 Å². The first-order chi connectivity index (χ1) is 16.2. The van der Waals surface area contributed by atoms with E-state index in [1.54, 1.807) is 14.1 Å². The average molecular weight is 479 g/mol. The Kier molecular flexibility index (Phi) is 6.97. The molecular formula is C24H29F3N4O3. The molecule has 2 heterocycles. The molecule has 1 aromatic carbocycles. The van der Waals surface area contributed by atoms with E-state index >= 15 is 0 Å². The molecule has 1 aromatic heterocycles. The number of rotatable bonds is 5. The van der Waals surface area contributed by atoms with Crippen LogP contribution < -0.4 is 5.32 Å². The van der Waals surface area contributed by atoms with Gasteiger partial charge in [0.1, 0.15) is 17.5 Å². The molecule has 2 amide bonds. The summed E-state index contributed by atoms with van der Waals surface area (Å²) in [6.07, 6.45) is 4.06. The van der Waals surface area contributed by atoms with Gasteiger partial charge in [0, 0.05) is 57.5 Å². The maximum absolute atomic E-state index is 14.1. The van der Waals surface area contributed by atoms with Gasteiger partial charge in [-0.25, -0.2) is 13.2 Å². The highest BCUT2D eigenvalue weighted by atomic mass is 19.1. The number of benzene rings is 1. The van der Waals surface area contributed by atoms with Crippen LogP contribution >= 0.6 is 0 Å². The summed E-state index contributed by atoms with van der Waals surface area (Å²) in [6, 6.07) is 2.17. The Labute approximate surface area is 196 Å². The fourth-order valence-corrected chi connectivity index (χ4v) is 5.22. The number of piperidine rings is 1. The molecule has 1 saturated carbocycles. The number of carbonyl (C=O) groups is 2. The largest absolute Gasteiger partial charge is 0.355 e. The molecule has 0 spiro atoms. The number of carbonyl (C=O) groups excluding carboxylic acids is 2. The van der Waals surface area contributed by atoms with Gasteiger partial charge in [-0.15, -0.1) is 0 Å². The van der Waals surface area contributed by atoms with Crippen LogP contribution in [0.15, 0.2) is 22.7 Å². The summed E-state index contributed by atoms with van der Waals surface area (Å²) in [7, 11) is 3.38. The van der Waals surface area contributed by atoms with E-state index in [1.807, 2.05) is 0 Å². The Bertz CT molecular complexity index is 1050. The second kappa shape index (κ2) is 9.77. The van der Waals surface area contributed by atoms with E-state index in [4.69, 9.17) is 4.52 Å². The third-order valence-corrected chi connectivity index (χ3v) is 7.00. The molecule has 34 heavy (non-hydrogen) atoms. The minimum absolute atomic E-state index is 0.0723. The van der Waals surface area contributed by atoms with Crippen molar-refractivity contribution in [2.45, 2.75) is 44.7 Å². The first-order valence-corrected chi connectivity index (χ1v) is 11.5. The van der Waals surface area contributed by atoms with E-state index in [9.17, 15) is 22.8 Å². The molecule has 1 aliphatic heterocycles. The first kappa shape index (κ1) is 24.3. The molecule has 4 rings (SSSR count). The third-order valence-electron chi connectivity index (χ3n) is 7.00. The highest BCUT2D eigenvalue weighted by Gasteiger charge is 2.40. The summed E-state index contributed by atoms with van der Waals surface area (Å²) in [4.78, 5) is 29.7. The molecule has 4 atom stereocenters. The number of nitrogens with one attached hydrogen (secondary N) is 1. The highest BCUT2D eigenvalue weighted by Crippen LogP contribution is 2.33. The summed E-state index contributed by atoms with van der Waals surface area (Å²) in [5.41, 5.74) is -0.784. The lowest BCUT2D eigenvalue weighted by atomic mass is 9.88. The van der Waals surface area contributed by atoms with Crippen LogP contribution in [0.2, 0.25) is 0 Å². The van der Waals surface area contributed by atoms with Crippen molar-refractivity contribution < 1.29 is 27.3 Å². The van der Waals surface area contributed by atoms with Crippen LogP contribution in [0.1, 0.15) is 43.1 Å². The summed E-state index contributed by atoms with van der Waals surface area (Å²) in [5, 5.41) is 6.50. The SMILES string of the molecule is C[C@@H]1CCC[C@@H]1N1CC[C@@H](NC(=O)c2cc(-c3c(F)cc(F)cc3F)on2)[C@H](C(=O)N(C)C)C1. The lowest BCUT2D eigenvalue weighted by Gasteiger charge is -2.42. The number of nitrogens with zero attached hydrogens (tertiary/aromatic N) is 3. The third kappa shape index (κ3) is 4.82. The van der Waals surface area contributed by atoms with Gasteiger partial charge in [0.25, 0.3) is 5.91 Å². The Morgan fingerprint density at radius 1 is 1.12 bits per heavy atom. The van der Waals surface area contributed by atoms with Crippen molar-refractivity contribution in [3.05, 3.63) is 41.3 Å². The Hall–Kier alpha value is -2.88. The zero-order valence-electron chi connectivity index (χ0n) is 19.5. The Balaban J connectivity index is 1.50. The molecule has 2 aliphatic rings. The number of amides is 2. The topological polar surface area (TPSA) is 78.7 Å². The summed E-state index contributed by atoms with van der Waals surface area (Å²) < 4.78 is 46.3. The molecule has 1 aliphatic carbocycles. The van der Waals surface area contributed by atoms with Crippen LogP contribution in [0.4, 0.5) is 13.2 Å². The van der Waals surface area contributed by atoms with Gasteiger partial charge in [-0.2, -0.15) is 0 Å². The molecule has 7 nitrogen and oxygen atoms in total. The van der Waals surface area contributed by atoms with E-state index < -0.39 is 40.9 Å². The van der Waals surface area contributed by atoms with Crippen molar-refractivity contribution in [3.8, 4) is 11.3 Å². The number of halogens is 3. The highest BCUT2D eigenvalue weighted by molar-refractivity contribution is 5.94. The lowest BCUT2D eigenvalue weighted by Crippen LogP contribution is -2.57. The molecule has 1 N–H and O–H groups in total. The van der Waals surface area contributed by atoms with Gasteiger partial charge in [-0.3, -0.25) is 14.5 Å². The summed E-state index contributed by atoms with van der Waals surface area (Å²) >= 11 is 0. The second-order valence-corrected chi connectivity index (χ2v) is 9.50. The van der Waals surface area contributed by atoms with Gasteiger partial charge in [0.15, 0.2) is 11.5 Å².